The molecule has 2 heterocycles. The maximum Gasteiger partial charge on any atom is 0.151 e. The van der Waals surface area contributed by atoms with E-state index in [4.69, 9.17) is 9.72 Å². The van der Waals surface area contributed by atoms with E-state index in [1.54, 1.807) is 11.3 Å². The maximum atomic E-state index is 5.57. The molecule has 0 saturated heterocycles. The molecule has 0 radical (unpaired) electrons. The van der Waals surface area contributed by atoms with Gasteiger partial charge in [-0.05, 0) is 49.6 Å². The van der Waals surface area contributed by atoms with Crippen molar-refractivity contribution >= 4 is 39.5 Å². The topological polar surface area (TPSA) is 34.5 Å². The van der Waals surface area contributed by atoms with Gasteiger partial charge < -0.3 is 4.74 Å². The van der Waals surface area contributed by atoms with Gasteiger partial charge >= 0.3 is 0 Å². The number of dihydropyridines is 1. The molecule has 2 unspecified atom stereocenters. The van der Waals surface area contributed by atoms with Crippen LogP contribution in [0.25, 0.3) is 10.2 Å². The summed E-state index contributed by atoms with van der Waals surface area (Å²) in [6.45, 7) is 2.70. The molecule has 3 nitrogen and oxygen atoms in total. The number of ether oxygens (including phenoxy) is 1. The average molecular weight is 342 g/mol. The van der Waals surface area contributed by atoms with E-state index in [0.29, 0.717) is 17.9 Å². The van der Waals surface area contributed by atoms with Crippen LogP contribution in [0.3, 0.4) is 0 Å². The predicted octanol–water partition coefficient (Wildman–Crippen LogP) is 4.89. The highest BCUT2D eigenvalue weighted by molar-refractivity contribution is 8.01. The third-order valence-corrected chi connectivity index (χ3v) is 6.35. The zero-order valence-electron chi connectivity index (χ0n) is 12.9. The average Bonchev–Trinajstić information content (AvgIpc) is 2.96. The van der Waals surface area contributed by atoms with E-state index in [9.17, 15) is 0 Å². The number of thiazole rings is 1. The lowest BCUT2D eigenvalue weighted by Gasteiger charge is -2.25. The maximum absolute atomic E-state index is 5.57. The van der Waals surface area contributed by atoms with E-state index < -0.39 is 0 Å². The highest BCUT2D eigenvalue weighted by atomic mass is 32.2. The number of benzene rings is 1. The smallest absolute Gasteiger partial charge is 0.151 e. The Morgan fingerprint density at radius 2 is 2.30 bits per heavy atom. The molecular weight excluding hydrogens is 324 g/mol. The minimum Gasteiger partial charge on any atom is -0.494 e. The van der Waals surface area contributed by atoms with Gasteiger partial charge in [0.1, 0.15) is 5.75 Å². The fraction of sp³-hybridized carbons (Fsp3) is 0.333. The van der Waals surface area contributed by atoms with E-state index >= 15 is 0 Å². The highest BCUT2D eigenvalue weighted by Crippen LogP contribution is 2.38. The quantitative estimate of drug-likeness (QED) is 0.794. The van der Waals surface area contributed by atoms with Gasteiger partial charge in [0.15, 0.2) is 4.34 Å². The summed E-state index contributed by atoms with van der Waals surface area (Å²) in [6.07, 6.45) is 10.8. The van der Waals surface area contributed by atoms with Crippen LogP contribution in [-0.2, 0) is 0 Å². The van der Waals surface area contributed by atoms with Gasteiger partial charge in [-0.15, -0.1) is 11.3 Å². The summed E-state index contributed by atoms with van der Waals surface area (Å²) in [4.78, 5) is 9.30. The lowest BCUT2D eigenvalue weighted by molar-refractivity contribution is 0.341. The summed E-state index contributed by atoms with van der Waals surface area (Å²) < 4.78 is 7.91. The van der Waals surface area contributed by atoms with E-state index in [1.807, 2.05) is 37.0 Å². The van der Waals surface area contributed by atoms with E-state index in [2.05, 4.69) is 29.3 Å². The lowest BCUT2D eigenvalue weighted by Crippen LogP contribution is -2.19. The number of aliphatic imine (C=N–C) groups is 1. The van der Waals surface area contributed by atoms with Crippen molar-refractivity contribution in [1.82, 2.24) is 4.98 Å². The molecule has 118 valence electrons. The molecule has 4 rings (SSSR count). The molecule has 1 aliphatic carbocycles. The molecule has 5 heteroatoms. The van der Waals surface area contributed by atoms with Crippen LogP contribution in [-0.4, -0.2) is 29.1 Å². The van der Waals surface area contributed by atoms with Crippen molar-refractivity contribution < 1.29 is 4.74 Å². The van der Waals surface area contributed by atoms with Gasteiger partial charge in [0, 0.05) is 11.5 Å². The molecule has 1 aromatic heterocycles. The molecule has 0 spiro atoms. The van der Waals surface area contributed by atoms with Crippen LogP contribution in [0.2, 0.25) is 0 Å². The van der Waals surface area contributed by atoms with Gasteiger partial charge in [-0.1, -0.05) is 23.9 Å². The summed E-state index contributed by atoms with van der Waals surface area (Å²) >= 11 is 3.62. The molecule has 0 amide bonds. The van der Waals surface area contributed by atoms with Gasteiger partial charge in [0.25, 0.3) is 0 Å². The Bertz CT molecular complexity index is 806. The largest absolute Gasteiger partial charge is 0.494 e. The molecule has 1 aromatic carbocycles. The number of aromatic nitrogens is 1. The van der Waals surface area contributed by atoms with Crippen molar-refractivity contribution in [3.63, 3.8) is 0 Å². The molecule has 2 aliphatic rings. The van der Waals surface area contributed by atoms with E-state index in [-0.39, 0.29) is 0 Å². The summed E-state index contributed by atoms with van der Waals surface area (Å²) in [5.74, 6) is 0.924. The zero-order valence-corrected chi connectivity index (χ0v) is 14.6. The number of hydrogen-bond donors (Lipinski definition) is 0. The Morgan fingerprint density at radius 3 is 3.22 bits per heavy atom. The van der Waals surface area contributed by atoms with Crippen LogP contribution >= 0.6 is 23.1 Å². The number of rotatable bonds is 4. The number of fused-ring (bicyclic) bond motifs is 2. The van der Waals surface area contributed by atoms with Crippen molar-refractivity contribution in [2.24, 2.45) is 4.99 Å². The Morgan fingerprint density at radius 1 is 1.35 bits per heavy atom. The highest BCUT2D eigenvalue weighted by Gasteiger charge is 2.23. The summed E-state index contributed by atoms with van der Waals surface area (Å²) in [6, 6.07) is 6.52. The molecule has 0 saturated carbocycles. The second kappa shape index (κ2) is 6.49. The summed E-state index contributed by atoms with van der Waals surface area (Å²) in [5, 5.41) is 0.492. The zero-order chi connectivity index (χ0) is 15.6. The van der Waals surface area contributed by atoms with Gasteiger partial charge in [-0.3, -0.25) is 4.99 Å². The van der Waals surface area contributed by atoms with Crippen molar-refractivity contribution in [3.05, 3.63) is 42.0 Å². The van der Waals surface area contributed by atoms with Gasteiger partial charge in [0.2, 0.25) is 0 Å². The first kappa shape index (κ1) is 15.0. The molecule has 0 bridgehead atoms. The number of allylic oxidation sites excluding steroid dienone is 1. The molecule has 2 atom stereocenters. The number of hydrogen-bond acceptors (Lipinski definition) is 5. The molecule has 0 fully saturated rings. The minimum atomic E-state index is 0.376. The third kappa shape index (κ3) is 3.21. The van der Waals surface area contributed by atoms with Crippen LogP contribution in [0.1, 0.15) is 19.8 Å². The third-order valence-electron chi connectivity index (χ3n) is 4.03. The molecular formula is C18H18N2OS2. The Hall–Kier alpha value is -1.59. The predicted molar refractivity (Wildman–Crippen MR) is 99.2 cm³/mol. The monoisotopic (exact) mass is 342 g/mol. The Kier molecular flexibility index (Phi) is 4.23. The Balaban J connectivity index is 1.53. The van der Waals surface area contributed by atoms with E-state index in [1.165, 1.54) is 10.3 Å². The van der Waals surface area contributed by atoms with Crippen LogP contribution < -0.4 is 4.74 Å². The minimum absolute atomic E-state index is 0.376. The first-order chi connectivity index (χ1) is 11.3. The first-order valence-corrected chi connectivity index (χ1v) is 9.63. The van der Waals surface area contributed by atoms with Gasteiger partial charge in [-0.2, -0.15) is 0 Å². The van der Waals surface area contributed by atoms with Crippen LogP contribution in [0.15, 0.2) is 51.3 Å². The van der Waals surface area contributed by atoms with Crippen molar-refractivity contribution in [2.75, 3.05) is 6.61 Å². The van der Waals surface area contributed by atoms with Crippen LogP contribution in [0, 0.1) is 0 Å². The van der Waals surface area contributed by atoms with Gasteiger partial charge in [0.05, 0.1) is 22.9 Å². The lowest BCUT2D eigenvalue weighted by atomic mass is 9.93. The first-order valence-electron chi connectivity index (χ1n) is 7.93. The standard InChI is InChI=1S/C18H18N2OS2/c1-2-21-13-5-7-16-17(11-13)23-18(20-16)22-14-6-8-15-12(10-14)4-3-9-19-15/h3-5,7,9-11,14-15H,2,6,8H2,1H3. The second-order valence-electron chi connectivity index (χ2n) is 5.62. The number of nitrogens with zero attached hydrogens (tertiary/aromatic N) is 2. The van der Waals surface area contributed by atoms with Crippen LogP contribution in [0.4, 0.5) is 0 Å². The van der Waals surface area contributed by atoms with Crippen LogP contribution in [0.5, 0.6) is 5.75 Å². The molecule has 0 N–H and O–H groups in total. The second-order valence-corrected chi connectivity index (χ2v) is 8.13. The molecule has 2 aromatic rings. The SMILES string of the molecule is CCOc1ccc2nc(SC3C=C4C=CC=NC4CC3)sc2c1. The van der Waals surface area contributed by atoms with E-state index in [0.717, 1.165) is 28.4 Å². The Labute approximate surface area is 144 Å². The summed E-state index contributed by atoms with van der Waals surface area (Å²) in [7, 11) is 0. The number of thioether (sulfide) groups is 1. The van der Waals surface area contributed by atoms with Gasteiger partial charge in [-0.25, -0.2) is 4.98 Å². The van der Waals surface area contributed by atoms with Crippen molar-refractivity contribution in [2.45, 2.75) is 35.4 Å². The van der Waals surface area contributed by atoms with Crippen molar-refractivity contribution in [3.8, 4) is 5.75 Å². The fourth-order valence-electron chi connectivity index (χ4n) is 2.95. The normalized spacial score (nSPS) is 22.9. The van der Waals surface area contributed by atoms with Crippen molar-refractivity contribution in [1.29, 1.82) is 0 Å². The molecule has 1 aliphatic heterocycles. The summed E-state index contributed by atoms with van der Waals surface area (Å²) in [5.41, 5.74) is 2.42. The molecule has 23 heavy (non-hydrogen) atoms. The fourth-order valence-corrected chi connectivity index (χ4v) is 5.39.